The summed E-state index contributed by atoms with van der Waals surface area (Å²) in [7, 11) is 0. The lowest BCUT2D eigenvalue weighted by Gasteiger charge is -2.22. The van der Waals surface area contributed by atoms with E-state index in [4.69, 9.17) is 15.2 Å². The number of hydrogen-bond donors (Lipinski definition) is 1. The van der Waals surface area contributed by atoms with Crippen LogP contribution in [0.2, 0.25) is 0 Å². The highest BCUT2D eigenvalue weighted by Crippen LogP contribution is 2.25. The lowest BCUT2D eigenvalue weighted by Crippen LogP contribution is -2.34. The predicted octanol–water partition coefficient (Wildman–Crippen LogP) is 2.05. The molecule has 2 saturated heterocycles. The Hall–Kier alpha value is -1.59. The molecule has 2 fully saturated rings. The Kier molecular flexibility index (Phi) is 5.18. The Bertz CT molecular complexity index is 543. The number of likely N-dealkylation sites (tertiary alicyclic amines) is 1. The van der Waals surface area contributed by atoms with Gasteiger partial charge in [-0.25, -0.2) is 0 Å². The van der Waals surface area contributed by atoms with Gasteiger partial charge in [0.25, 0.3) is 5.91 Å². The number of rotatable bonds is 5. The van der Waals surface area contributed by atoms with Crippen LogP contribution in [-0.4, -0.2) is 49.3 Å². The smallest absolute Gasteiger partial charge is 0.254 e. The molecule has 2 N–H and O–H groups in total. The molecule has 126 valence electrons. The van der Waals surface area contributed by atoms with Gasteiger partial charge in [-0.2, -0.15) is 0 Å². The van der Waals surface area contributed by atoms with Gasteiger partial charge in [0.2, 0.25) is 0 Å². The molecule has 0 bridgehead atoms. The minimum atomic E-state index is 0.0658. The molecule has 0 spiro atoms. The molecular formula is C18H26N2O3. The van der Waals surface area contributed by atoms with E-state index in [0.717, 1.165) is 38.2 Å². The van der Waals surface area contributed by atoms with E-state index in [2.05, 4.69) is 6.92 Å². The van der Waals surface area contributed by atoms with E-state index in [1.807, 2.05) is 29.2 Å². The van der Waals surface area contributed by atoms with Crippen LogP contribution >= 0.6 is 0 Å². The molecule has 5 heteroatoms. The van der Waals surface area contributed by atoms with Gasteiger partial charge < -0.3 is 20.1 Å². The fraction of sp³-hybridized carbons (Fsp3) is 0.611. The van der Waals surface area contributed by atoms with Crippen molar-refractivity contribution in [2.75, 3.05) is 26.3 Å². The van der Waals surface area contributed by atoms with Gasteiger partial charge in [0.1, 0.15) is 12.4 Å². The summed E-state index contributed by atoms with van der Waals surface area (Å²) in [5.41, 5.74) is 6.43. The highest BCUT2D eigenvalue weighted by Gasteiger charge is 2.32. The Morgan fingerprint density at radius 2 is 2.35 bits per heavy atom. The number of nitrogens with zero attached hydrogens (tertiary/aromatic N) is 1. The summed E-state index contributed by atoms with van der Waals surface area (Å²) in [5.74, 6) is 1.21. The van der Waals surface area contributed by atoms with Crippen molar-refractivity contribution in [2.24, 2.45) is 11.7 Å². The van der Waals surface area contributed by atoms with Crippen molar-refractivity contribution >= 4 is 5.91 Å². The van der Waals surface area contributed by atoms with Gasteiger partial charge >= 0.3 is 0 Å². The number of hydrogen-bond acceptors (Lipinski definition) is 4. The lowest BCUT2D eigenvalue weighted by molar-refractivity contribution is 0.0677. The molecule has 3 atom stereocenters. The average Bonchev–Trinajstić information content (AvgIpc) is 3.22. The summed E-state index contributed by atoms with van der Waals surface area (Å²) in [6, 6.07) is 7.69. The summed E-state index contributed by atoms with van der Waals surface area (Å²) in [4.78, 5) is 14.7. The summed E-state index contributed by atoms with van der Waals surface area (Å²) in [6.45, 7) is 4.84. The van der Waals surface area contributed by atoms with Crippen LogP contribution in [-0.2, 0) is 4.74 Å². The molecule has 0 saturated carbocycles. The maximum atomic E-state index is 12.7. The van der Waals surface area contributed by atoms with Crippen LogP contribution in [0.25, 0.3) is 0 Å². The number of ether oxygens (including phenoxy) is 2. The van der Waals surface area contributed by atoms with Crippen molar-refractivity contribution in [3.8, 4) is 5.75 Å². The van der Waals surface area contributed by atoms with E-state index in [9.17, 15) is 4.79 Å². The molecule has 3 unspecified atom stereocenters. The van der Waals surface area contributed by atoms with Crippen LogP contribution < -0.4 is 10.5 Å². The molecule has 23 heavy (non-hydrogen) atoms. The lowest BCUT2D eigenvalue weighted by atomic mass is 10.1. The van der Waals surface area contributed by atoms with Crippen LogP contribution in [0.1, 0.15) is 36.5 Å². The Morgan fingerprint density at radius 3 is 3.04 bits per heavy atom. The van der Waals surface area contributed by atoms with E-state index >= 15 is 0 Å². The zero-order valence-electron chi connectivity index (χ0n) is 13.7. The second-order valence-electron chi connectivity index (χ2n) is 6.62. The van der Waals surface area contributed by atoms with Gasteiger partial charge in [-0.1, -0.05) is 6.07 Å². The number of carbonyl (C=O) groups is 1. The largest absolute Gasteiger partial charge is 0.491 e. The Balaban J connectivity index is 1.63. The highest BCUT2D eigenvalue weighted by molar-refractivity contribution is 5.95. The third-order valence-corrected chi connectivity index (χ3v) is 4.80. The fourth-order valence-electron chi connectivity index (χ4n) is 3.45. The maximum Gasteiger partial charge on any atom is 0.254 e. The van der Waals surface area contributed by atoms with Crippen molar-refractivity contribution in [3.05, 3.63) is 29.8 Å². The van der Waals surface area contributed by atoms with E-state index in [0.29, 0.717) is 24.6 Å². The number of carbonyl (C=O) groups excluding carboxylic acids is 1. The van der Waals surface area contributed by atoms with Gasteiger partial charge in [-0.3, -0.25) is 4.79 Å². The van der Waals surface area contributed by atoms with Gasteiger partial charge in [0.15, 0.2) is 0 Å². The SMILES string of the molecule is CC1CC(CN)CN1C(=O)c1cccc(OCC2CCCO2)c1. The molecule has 5 nitrogen and oxygen atoms in total. The number of benzene rings is 1. The normalized spacial score (nSPS) is 27.4. The van der Waals surface area contributed by atoms with E-state index in [-0.39, 0.29) is 18.1 Å². The molecular weight excluding hydrogens is 292 g/mol. The minimum Gasteiger partial charge on any atom is -0.491 e. The second-order valence-corrected chi connectivity index (χ2v) is 6.62. The first-order chi connectivity index (χ1) is 11.2. The van der Waals surface area contributed by atoms with Crippen molar-refractivity contribution in [2.45, 2.75) is 38.3 Å². The van der Waals surface area contributed by atoms with E-state index < -0.39 is 0 Å². The van der Waals surface area contributed by atoms with Crippen LogP contribution in [0, 0.1) is 5.92 Å². The second kappa shape index (κ2) is 7.32. The first-order valence-electron chi connectivity index (χ1n) is 8.53. The molecule has 0 aliphatic carbocycles. The predicted molar refractivity (Wildman–Crippen MR) is 88.6 cm³/mol. The van der Waals surface area contributed by atoms with Crippen molar-refractivity contribution < 1.29 is 14.3 Å². The Morgan fingerprint density at radius 1 is 1.48 bits per heavy atom. The first-order valence-corrected chi connectivity index (χ1v) is 8.53. The molecule has 1 aromatic rings. The van der Waals surface area contributed by atoms with Crippen molar-refractivity contribution in [3.63, 3.8) is 0 Å². The van der Waals surface area contributed by atoms with Crippen LogP contribution in [0.4, 0.5) is 0 Å². The molecule has 1 amide bonds. The van der Waals surface area contributed by atoms with Gasteiger partial charge in [-0.15, -0.1) is 0 Å². The van der Waals surface area contributed by atoms with Crippen LogP contribution in [0.15, 0.2) is 24.3 Å². The summed E-state index contributed by atoms with van der Waals surface area (Å²) in [5, 5.41) is 0. The van der Waals surface area contributed by atoms with Gasteiger partial charge in [0.05, 0.1) is 6.10 Å². The molecule has 1 aromatic carbocycles. The van der Waals surface area contributed by atoms with Gasteiger partial charge in [-0.05, 0) is 56.8 Å². The molecule has 3 rings (SSSR count). The minimum absolute atomic E-state index is 0.0658. The first kappa shape index (κ1) is 16.3. The van der Waals surface area contributed by atoms with Crippen LogP contribution in [0.5, 0.6) is 5.75 Å². The molecule has 2 aliphatic rings. The zero-order chi connectivity index (χ0) is 16.2. The van der Waals surface area contributed by atoms with Crippen LogP contribution in [0.3, 0.4) is 0 Å². The van der Waals surface area contributed by atoms with Crippen molar-refractivity contribution in [1.82, 2.24) is 4.90 Å². The molecule has 0 aromatic heterocycles. The zero-order valence-corrected chi connectivity index (χ0v) is 13.7. The summed E-state index contributed by atoms with van der Waals surface area (Å²) < 4.78 is 11.4. The maximum absolute atomic E-state index is 12.7. The quantitative estimate of drug-likeness (QED) is 0.902. The topological polar surface area (TPSA) is 64.8 Å². The van der Waals surface area contributed by atoms with E-state index in [1.54, 1.807) is 0 Å². The summed E-state index contributed by atoms with van der Waals surface area (Å²) in [6.07, 6.45) is 3.31. The monoisotopic (exact) mass is 318 g/mol. The number of amides is 1. The fourth-order valence-corrected chi connectivity index (χ4v) is 3.45. The van der Waals surface area contributed by atoms with E-state index in [1.165, 1.54) is 0 Å². The molecule has 2 heterocycles. The highest BCUT2D eigenvalue weighted by atomic mass is 16.5. The van der Waals surface area contributed by atoms with Crippen molar-refractivity contribution in [1.29, 1.82) is 0 Å². The average molecular weight is 318 g/mol. The molecule has 0 radical (unpaired) electrons. The third-order valence-electron chi connectivity index (χ3n) is 4.80. The third kappa shape index (κ3) is 3.85. The summed E-state index contributed by atoms with van der Waals surface area (Å²) >= 11 is 0. The Labute approximate surface area is 137 Å². The van der Waals surface area contributed by atoms with Gasteiger partial charge in [0, 0.05) is 24.8 Å². The number of nitrogens with two attached hydrogens (primary N) is 1. The molecule has 2 aliphatic heterocycles. The standard InChI is InChI=1S/C18H26N2O3/c1-13-8-14(10-19)11-20(13)18(21)15-4-2-5-16(9-15)23-12-17-6-3-7-22-17/h2,4-5,9,13-14,17H,3,6-8,10-12,19H2,1H3.